The van der Waals surface area contributed by atoms with Crippen molar-refractivity contribution in [3.8, 4) is 11.5 Å². The number of ether oxygens (including phenoxy) is 2. The number of sulfonamides is 1. The number of hydrogen-bond donors (Lipinski definition) is 2. The fourth-order valence-corrected chi connectivity index (χ4v) is 5.60. The Morgan fingerprint density at radius 1 is 0.941 bits per heavy atom. The summed E-state index contributed by atoms with van der Waals surface area (Å²) in [7, 11) is -0.883. The second kappa shape index (κ2) is 10.8. The molecule has 0 aliphatic heterocycles. The van der Waals surface area contributed by atoms with E-state index in [-0.39, 0.29) is 10.8 Å². The third-order valence-electron chi connectivity index (χ3n) is 6.11. The quantitative estimate of drug-likeness (QED) is 0.407. The molecule has 182 valence electrons. The van der Waals surface area contributed by atoms with Crippen molar-refractivity contribution in [1.29, 1.82) is 0 Å². The smallest absolute Gasteiger partial charge is 0.241 e. The summed E-state index contributed by atoms with van der Waals surface area (Å²) in [5.74, 6) is 1.02. The first-order valence-electron chi connectivity index (χ1n) is 10.9. The Hall–Kier alpha value is -2.58. The molecular formula is C26H30ClNO5S. The van der Waals surface area contributed by atoms with Crippen LogP contribution < -0.4 is 14.2 Å². The molecule has 0 radical (unpaired) electrons. The lowest BCUT2D eigenvalue weighted by atomic mass is 9.75. The van der Waals surface area contributed by atoms with Gasteiger partial charge in [0.1, 0.15) is 17.1 Å². The van der Waals surface area contributed by atoms with Crippen LogP contribution in [0.1, 0.15) is 31.4 Å². The number of aliphatic hydroxyl groups is 1. The lowest BCUT2D eigenvalue weighted by Crippen LogP contribution is -2.54. The largest absolute Gasteiger partial charge is 0.497 e. The SMILES string of the molecule is CC[C@H](C)[C@H](NS(=O)(=O)c1cccc(Cl)c1)C(O)(c1ccc(OC)cc1)c1ccc(OC)cc1. The predicted octanol–water partition coefficient (Wildman–Crippen LogP) is 4.99. The minimum absolute atomic E-state index is 0.0279. The molecule has 0 saturated heterocycles. The lowest BCUT2D eigenvalue weighted by molar-refractivity contribution is 0.0246. The molecule has 0 aromatic heterocycles. The molecule has 3 aromatic carbocycles. The molecule has 3 aromatic rings. The fourth-order valence-electron chi connectivity index (χ4n) is 3.93. The van der Waals surface area contributed by atoms with Gasteiger partial charge in [0.25, 0.3) is 0 Å². The van der Waals surface area contributed by atoms with E-state index < -0.39 is 21.7 Å². The van der Waals surface area contributed by atoms with Gasteiger partial charge in [-0.05, 0) is 59.5 Å². The van der Waals surface area contributed by atoms with E-state index in [9.17, 15) is 13.5 Å². The molecule has 6 nitrogen and oxygen atoms in total. The Labute approximate surface area is 206 Å². The van der Waals surface area contributed by atoms with Crippen LogP contribution in [0.3, 0.4) is 0 Å². The van der Waals surface area contributed by atoms with Gasteiger partial charge in [0.15, 0.2) is 0 Å². The second-order valence-corrected chi connectivity index (χ2v) is 10.3. The molecule has 2 atom stereocenters. The summed E-state index contributed by atoms with van der Waals surface area (Å²) in [6.45, 7) is 3.86. The van der Waals surface area contributed by atoms with Gasteiger partial charge in [0.05, 0.1) is 25.2 Å². The summed E-state index contributed by atoms with van der Waals surface area (Å²) in [4.78, 5) is 0.0279. The van der Waals surface area contributed by atoms with Crippen LogP contribution in [-0.4, -0.2) is 33.8 Å². The molecule has 0 fully saturated rings. The lowest BCUT2D eigenvalue weighted by Gasteiger charge is -2.40. The highest BCUT2D eigenvalue weighted by Gasteiger charge is 2.45. The monoisotopic (exact) mass is 503 g/mol. The number of halogens is 1. The maximum Gasteiger partial charge on any atom is 0.241 e. The number of methoxy groups -OCH3 is 2. The van der Waals surface area contributed by atoms with Crippen LogP contribution >= 0.6 is 11.6 Å². The minimum atomic E-state index is -4.01. The molecule has 0 aliphatic rings. The molecule has 0 heterocycles. The van der Waals surface area contributed by atoms with Gasteiger partial charge in [0, 0.05) is 5.02 Å². The van der Waals surface area contributed by atoms with Crippen molar-refractivity contribution in [2.24, 2.45) is 5.92 Å². The van der Waals surface area contributed by atoms with Gasteiger partial charge in [-0.3, -0.25) is 0 Å². The average Bonchev–Trinajstić information content (AvgIpc) is 2.86. The van der Waals surface area contributed by atoms with Crippen LogP contribution in [0.5, 0.6) is 11.5 Å². The molecule has 0 aliphatic carbocycles. The Bertz CT molecular complexity index is 1150. The Kier molecular flexibility index (Phi) is 8.25. The maximum absolute atomic E-state index is 13.4. The Morgan fingerprint density at radius 3 is 1.85 bits per heavy atom. The summed E-state index contributed by atoms with van der Waals surface area (Å²) < 4.78 is 40.1. The first-order chi connectivity index (χ1) is 16.1. The third kappa shape index (κ3) is 5.39. The number of hydrogen-bond acceptors (Lipinski definition) is 5. The number of rotatable bonds is 10. The van der Waals surface area contributed by atoms with Crippen molar-refractivity contribution < 1.29 is 23.0 Å². The second-order valence-electron chi connectivity index (χ2n) is 8.17. The normalized spacial score (nSPS) is 13.8. The number of nitrogens with one attached hydrogen (secondary N) is 1. The average molecular weight is 504 g/mol. The predicted molar refractivity (Wildman–Crippen MR) is 134 cm³/mol. The molecular weight excluding hydrogens is 474 g/mol. The summed E-state index contributed by atoms with van der Waals surface area (Å²) in [6, 6.07) is 19.1. The van der Waals surface area contributed by atoms with Crippen LogP contribution in [0, 0.1) is 5.92 Å². The molecule has 0 spiro atoms. The highest BCUT2D eigenvalue weighted by atomic mass is 35.5. The van der Waals surface area contributed by atoms with Crippen LogP contribution in [0.4, 0.5) is 0 Å². The maximum atomic E-state index is 13.4. The van der Waals surface area contributed by atoms with Gasteiger partial charge >= 0.3 is 0 Å². The zero-order chi connectivity index (χ0) is 24.9. The van der Waals surface area contributed by atoms with Gasteiger partial charge in [-0.1, -0.05) is 62.2 Å². The molecule has 0 saturated carbocycles. The zero-order valence-electron chi connectivity index (χ0n) is 19.7. The van der Waals surface area contributed by atoms with E-state index >= 15 is 0 Å². The summed E-state index contributed by atoms with van der Waals surface area (Å²) >= 11 is 6.05. The van der Waals surface area contributed by atoms with Gasteiger partial charge in [0.2, 0.25) is 10.0 Å². The Balaban J connectivity index is 2.19. The standard InChI is InChI=1S/C26H30ClNO5S/c1-5-18(2)25(28-34(30,31)24-8-6-7-21(27)17-24)26(29,19-9-13-22(32-3)14-10-19)20-11-15-23(33-4)16-12-20/h6-18,25,28-29H,5H2,1-4H3/t18-,25-/m0/s1. The summed E-state index contributed by atoms with van der Waals surface area (Å²) in [5.41, 5.74) is -0.644. The van der Waals surface area contributed by atoms with Crippen molar-refractivity contribution >= 4 is 21.6 Å². The van der Waals surface area contributed by atoms with E-state index in [4.69, 9.17) is 21.1 Å². The van der Waals surface area contributed by atoms with Gasteiger partial charge < -0.3 is 14.6 Å². The van der Waals surface area contributed by atoms with Crippen LogP contribution in [0.15, 0.2) is 77.7 Å². The van der Waals surface area contributed by atoms with Gasteiger partial charge in [-0.2, -0.15) is 0 Å². The van der Waals surface area contributed by atoms with Crippen molar-refractivity contribution in [2.45, 2.75) is 36.8 Å². The first-order valence-corrected chi connectivity index (χ1v) is 12.8. The van der Waals surface area contributed by atoms with Crippen molar-refractivity contribution in [2.75, 3.05) is 14.2 Å². The van der Waals surface area contributed by atoms with Gasteiger partial charge in [-0.25, -0.2) is 13.1 Å². The topological polar surface area (TPSA) is 84.9 Å². The molecule has 2 N–H and O–H groups in total. The first kappa shape index (κ1) is 26.0. The van der Waals surface area contributed by atoms with Crippen molar-refractivity contribution in [3.05, 3.63) is 88.9 Å². The van der Waals surface area contributed by atoms with Crippen LogP contribution in [0.2, 0.25) is 5.02 Å². The zero-order valence-corrected chi connectivity index (χ0v) is 21.2. The van der Waals surface area contributed by atoms with E-state index in [1.54, 1.807) is 74.9 Å². The Morgan fingerprint density at radius 2 is 1.44 bits per heavy atom. The summed E-state index contributed by atoms with van der Waals surface area (Å²) in [6.07, 6.45) is 0.622. The molecule has 0 amide bonds. The number of benzene rings is 3. The third-order valence-corrected chi connectivity index (χ3v) is 7.79. The van der Waals surface area contributed by atoms with E-state index in [0.29, 0.717) is 34.1 Å². The molecule has 3 rings (SSSR count). The van der Waals surface area contributed by atoms with Crippen LogP contribution in [0.25, 0.3) is 0 Å². The van der Waals surface area contributed by atoms with E-state index in [1.807, 2.05) is 13.8 Å². The van der Waals surface area contributed by atoms with E-state index in [2.05, 4.69) is 4.72 Å². The molecule has 0 bridgehead atoms. The minimum Gasteiger partial charge on any atom is -0.497 e. The van der Waals surface area contributed by atoms with E-state index in [1.165, 1.54) is 12.1 Å². The van der Waals surface area contributed by atoms with E-state index in [0.717, 1.165) is 0 Å². The summed E-state index contributed by atoms with van der Waals surface area (Å²) in [5, 5.41) is 12.7. The fraction of sp³-hybridized carbons (Fsp3) is 0.308. The van der Waals surface area contributed by atoms with Crippen molar-refractivity contribution in [3.63, 3.8) is 0 Å². The van der Waals surface area contributed by atoms with Gasteiger partial charge in [-0.15, -0.1) is 0 Å². The molecule has 34 heavy (non-hydrogen) atoms. The highest BCUT2D eigenvalue weighted by molar-refractivity contribution is 7.89. The molecule has 8 heteroatoms. The highest BCUT2D eigenvalue weighted by Crippen LogP contribution is 2.39. The molecule has 0 unspecified atom stereocenters. The van der Waals surface area contributed by atoms with Crippen molar-refractivity contribution in [1.82, 2.24) is 4.72 Å². The van der Waals surface area contributed by atoms with Crippen LogP contribution in [-0.2, 0) is 15.6 Å².